The van der Waals surface area contributed by atoms with Crippen LogP contribution in [0.15, 0.2) is 42.9 Å². The highest BCUT2D eigenvalue weighted by atomic mass is 35.5. The first-order chi connectivity index (χ1) is 10.1. The van der Waals surface area contributed by atoms with E-state index in [2.05, 4.69) is 15.3 Å². The second-order valence-electron chi connectivity index (χ2n) is 4.27. The quantitative estimate of drug-likeness (QED) is 0.882. The minimum absolute atomic E-state index is 0.127. The summed E-state index contributed by atoms with van der Waals surface area (Å²) in [5.41, 5.74) is 0.779. The Bertz CT molecular complexity index is 632. The number of nitrogens with zero attached hydrogens (tertiary/aromatic N) is 2. The molecule has 1 aromatic carbocycles. The summed E-state index contributed by atoms with van der Waals surface area (Å²) in [5, 5.41) is 12.1. The normalized spacial score (nSPS) is 11.7. The van der Waals surface area contributed by atoms with Crippen molar-refractivity contribution in [1.29, 1.82) is 0 Å². The van der Waals surface area contributed by atoms with Crippen molar-refractivity contribution in [3.8, 4) is 0 Å². The number of rotatable bonds is 5. The molecule has 2 rings (SSSR count). The van der Waals surface area contributed by atoms with E-state index in [1.54, 1.807) is 24.3 Å². The molecule has 1 aromatic heterocycles. The molecule has 21 heavy (non-hydrogen) atoms. The summed E-state index contributed by atoms with van der Waals surface area (Å²) in [6.45, 7) is 0. The molecule has 0 aliphatic heterocycles. The van der Waals surface area contributed by atoms with Crippen molar-refractivity contribution < 1.29 is 14.7 Å². The van der Waals surface area contributed by atoms with Gasteiger partial charge in [-0.1, -0.05) is 23.7 Å². The van der Waals surface area contributed by atoms with Crippen LogP contribution in [0.25, 0.3) is 0 Å². The van der Waals surface area contributed by atoms with Gasteiger partial charge in [0.25, 0.3) is 5.91 Å². The van der Waals surface area contributed by atoms with E-state index in [4.69, 9.17) is 16.7 Å². The van der Waals surface area contributed by atoms with Crippen molar-refractivity contribution in [3.63, 3.8) is 0 Å². The van der Waals surface area contributed by atoms with Crippen LogP contribution in [-0.4, -0.2) is 27.0 Å². The summed E-state index contributed by atoms with van der Waals surface area (Å²) < 4.78 is 0. The number of nitrogens with one attached hydrogen (secondary N) is 1. The Balaban J connectivity index is 2.18. The first kappa shape index (κ1) is 14.9. The number of amides is 1. The van der Waals surface area contributed by atoms with Gasteiger partial charge in [0.05, 0.1) is 18.7 Å². The van der Waals surface area contributed by atoms with Crippen molar-refractivity contribution >= 4 is 23.5 Å². The molecular formula is C14H12ClN3O3. The van der Waals surface area contributed by atoms with E-state index in [1.807, 2.05) is 0 Å². The van der Waals surface area contributed by atoms with E-state index in [9.17, 15) is 9.59 Å². The Kier molecular flexibility index (Phi) is 4.84. The maximum Gasteiger partial charge on any atom is 0.305 e. The Hall–Kier alpha value is -2.47. The molecule has 0 aliphatic rings. The molecule has 1 atom stereocenters. The van der Waals surface area contributed by atoms with Gasteiger partial charge in [-0.15, -0.1) is 0 Å². The number of aromatic nitrogens is 2. The Morgan fingerprint density at radius 2 is 1.95 bits per heavy atom. The van der Waals surface area contributed by atoms with E-state index in [0.717, 1.165) is 0 Å². The number of carbonyl (C=O) groups excluding carboxylic acids is 1. The molecule has 0 aliphatic carbocycles. The molecule has 0 fully saturated rings. The first-order valence-corrected chi connectivity index (χ1v) is 6.48. The highest BCUT2D eigenvalue weighted by Crippen LogP contribution is 2.20. The standard InChI is InChI=1S/C14H12ClN3O3/c15-10-3-1-9(2-4-10)11(7-13(19)20)18-14(21)12-8-16-5-6-17-12/h1-6,8,11H,7H2,(H,18,21)(H,19,20)/t11-/m0/s1. The van der Waals surface area contributed by atoms with Crippen LogP contribution < -0.4 is 5.32 Å². The van der Waals surface area contributed by atoms with E-state index >= 15 is 0 Å². The highest BCUT2D eigenvalue weighted by molar-refractivity contribution is 6.30. The Labute approximate surface area is 125 Å². The Morgan fingerprint density at radius 1 is 1.24 bits per heavy atom. The third kappa shape index (κ3) is 4.25. The van der Waals surface area contributed by atoms with Crippen molar-refractivity contribution in [1.82, 2.24) is 15.3 Å². The van der Waals surface area contributed by atoms with Crippen molar-refractivity contribution in [2.45, 2.75) is 12.5 Å². The molecule has 0 spiro atoms. The zero-order chi connectivity index (χ0) is 15.2. The maximum atomic E-state index is 12.0. The van der Waals surface area contributed by atoms with Gasteiger partial charge in [-0.3, -0.25) is 14.6 Å². The van der Waals surface area contributed by atoms with Gasteiger partial charge >= 0.3 is 5.97 Å². The molecule has 1 amide bonds. The van der Waals surface area contributed by atoms with Crippen LogP contribution in [0.2, 0.25) is 5.02 Å². The van der Waals surface area contributed by atoms with Crippen LogP contribution in [0.1, 0.15) is 28.5 Å². The number of hydrogen-bond donors (Lipinski definition) is 2. The molecule has 2 aromatic rings. The van der Waals surface area contributed by atoms with E-state index < -0.39 is 17.9 Å². The summed E-state index contributed by atoms with van der Waals surface area (Å²) in [6.07, 6.45) is 3.91. The second-order valence-corrected chi connectivity index (χ2v) is 4.70. The number of carboxylic acid groups (broad SMARTS) is 1. The van der Waals surface area contributed by atoms with Gasteiger partial charge in [0.2, 0.25) is 0 Å². The Morgan fingerprint density at radius 3 is 2.52 bits per heavy atom. The van der Waals surface area contributed by atoms with Crippen LogP contribution in [0.3, 0.4) is 0 Å². The smallest absolute Gasteiger partial charge is 0.305 e. The zero-order valence-electron chi connectivity index (χ0n) is 10.9. The van der Waals surface area contributed by atoms with E-state index in [1.165, 1.54) is 18.6 Å². The second kappa shape index (κ2) is 6.81. The monoisotopic (exact) mass is 305 g/mol. The highest BCUT2D eigenvalue weighted by Gasteiger charge is 2.19. The van der Waals surface area contributed by atoms with Crippen LogP contribution in [-0.2, 0) is 4.79 Å². The van der Waals surface area contributed by atoms with Crippen molar-refractivity contribution in [2.75, 3.05) is 0 Å². The van der Waals surface area contributed by atoms with Crippen molar-refractivity contribution in [2.24, 2.45) is 0 Å². The fourth-order valence-electron chi connectivity index (χ4n) is 1.77. The summed E-state index contributed by atoms with van der Waals surface area (Å²) >= 11 is 5.80. The number of aliphatic carboxylic acids is 1. The lowest BCUT2D eigenvalue weighted by atomic mass is 10.0. The predicted octanol–water partition coefficient (Wildman–Crippen LogP) is 2.08. The van der Waals surface area contributed by atoms with Gasteiger partial charge in [-0.25, -0.2) is 4.98 Å². The molecule has 0 bridgehead atoms. The number of benzene rings is 1. The molecule has 108 valence electrons. The molecule has 0 unspecified atom stereocenters. The molecule has 2 N–H and O–H groups in total. The molecule has 6 nitrogen and oxygen atoms in total. The number of carbonyl (C=O) groups is 2. The van der Waals surface area contributed by atoms with Gasteiger partial charge in [-0.2, -0.15) is 0 Å². The zero-order valence-corrected chi connectivity index (χ0v) is 11.6. The molecular weight excluding hydrogens is 294 g/mol. The van der Waals surface area contributed by atoms with Gasteiger partial charge in [0.15, 0.2) is 0 Å². The van der Waals surface area contributed by atoms with Gasteiger partial charge < -0.3 is 10.4 Å². The number of halogens is 1. The summed E-state index contributed by atoms with van der Waals surface area (Å²) in [5.74, 6) is -1.50. The fraction of sp³-hybridized carbons (Fsp3) is 0.143. The lowest BCUT2D eigenvalue weighted by molar-refractivity contribution is -0.137. The fourth-order valence-corrected chi connectivity index (χ4v) is 1.90. The van der Waals surface area contributed by atoms with Gasteiger partial charge in [0.1, 0.15) is 5.69 Å². The van der Waals surface area contributed by atoms with Crippen LogP contribution >= 0.6 is 11.6 Å². The van der Waals surface area contributed by atoms with Crippen molar-refractivity contribution in [3.05, 3.63) is 59.1 Å². The first-order valence-electron chi connectivity index (χ1n) is 6.10. The maximum absolute atomic E-state index is 12.0. The van der Waals surface area contributed by atoms with Gasteiger partial charge in [-0.05, 0) is 17.7 Å². The molecule has 0 radical (unpaired) electrons. The molecule has 7 heteroatoms. The summed E-state index contributed by atoms with van der Waals surface area (Å²) in [4.78, 5) is 30.7. The summed E-state index contributed by atoms with van der Waals surface area (Å²) in [7, 11) is 0. The van der Waals surface area contributed by atoms with E-state index in [-0.39, 0.29) is 12.1 Å². The largest absolute Gasteiger partial charge is 0.481 e. The number of carboxylic acids is 1. The number of hydrogen-bond acceptors (Lipinski definition) is 4. The molecule has 1 heterocycles. The SMILES string of the molecule is O=C(O)C[C@H](NC(=O)c1cnccn1)c1ccc(Cl)cc1. The lowest BCUT2D eigenvalue weighted by Crippen LogP contribution is -2.30. The minimum Gasteiger partial charge on any atom is -0.481 e. The predicted molar refractivity (Wildman–Crippen MR) is 75.9 cm³/mol. The van der Waals surface area contributed by atoms with Crippen LogP contribution in [0, 0.1) is 0 Å². The van der Waals surface area contributed by atoms with Crippen LogP contribution in [0.4, 0.5) is 0 Å². The average molecular weight is 306 g/mol. The molecule has 0 saturated heterocycles. The van der Waals surface area contributed by atoms with E-state index in [0.29, 0.717) is 10.6 Å². The van der Waals surface area contributed by atoms with Gasteiger partial charge in [0, 0.05) is 17.4 Å². The molecule has 0 saturated carbocycles. The summed E-state index contributed by atoms with van der Waals surface area (Å²) in [6, 6.07) is 5.95. The third-order valence-corrected chi connectivity index (χ3v) is 3.00. The van der Waals surface area contributed by atoms with Crippen LogP contribution in [0.5, 0.6) is 0 Å². The third-order valence-electron chi connectivity index (χ3n) is 2.75. The lowest BCUT2D eigenvalue weighted by Gasteiger charge is -2.17. The average Bonchev–Trinajstić information content (AvgIpc) is 2.48. The minimum atomic E-state index is -1.02. The topological polar surface area (TPSA) is 92.2 Å².